The fourth-order valence-corrected chi connectivity index (χ4v) is 1.65. The molecule has 1 aromatic carbocycles. The first-order chi connectivity index (χ1) is 10.1. The molecular formula is C14H13N3O4. The van der Waals surface area contributed by atoms with Crippen LogP contribution in [0.15, 0.2) is 36.4 Å². The van der Waals surface area contributed by atoms with Crippen molar-refractivity contribution < 1.29 is 19.4 Å². The lowest BCUT2D eigenvalue weighted by atomic mass is 10.1. The van der Waals surface area contributed by atoms with Crippen LogP contribution >= 0.6 is 0 Å². The highest BCUT2D eigenvalue weighted by Gasteiger charge is 2.10. The Morgan fingerprint density at radius 2 is 1.95 bits per heavy atom. The predicted octanol–water partition coefficient (Wildman–Crippen LogP) is 1.26. The summed E-state index contributed by atoms with van der Waals surface area (Å²) in [6.07, 6.45) is -0.153. The standard InChI is InChI=1S/C14H13N3O4/c1-15-14(20)10-6-7-12(17-16-10)21-11-5-3-2-4-9(11)8-13(18)19/h2-7H,8H2,1H3,(H,15,20)(H,18,19). The van der Waals surface area contributed by atoms with Crippen molar-refractivity contribution in [2.24, 2.45) is 0 Å². The number of aliphatic carboxylic acids is 1. The third-order valence-corrected chi connectivity index (χ3v) is 2.63. The van der Waals surface area contributed by atoms with Gasteiger partial charge in [-0.1, -0.05) is 18.2 Å². The number of ether oxygens (including phenoxy) is 1. The van der Waals surface area contributed by atoms with Gasteiger partial charge in [-0.2, -0.15) is 0 Å². The first-order valence-corrected chi connectivity index (χ1v) is 6.13. The van der Waals surface area contributed by atoms with Crippen molar-refractivity contribution in [2.45, 2.75) is 6.42 Å². The van der Waals surface area contributed by atoms with E-state index in [-0.39, 0.29) is 23.9 Å². The SMILES string of the molecule is CNC(=O)c1ccc(Oc2ccccc2CC(=O)O)nn1. The van der Waals surface area contributed by atoms with Crippen LogP contribution in [0.5, 0.6) is 11.6 Å². The number of rotatable bonds is 5. The number of carboxylic acids is 1. The van der Waals surface area contributed by atoms with E-state index >= 15 is 0 Å². The summed E-state index contributed by atoms with van der Waals surface area (Å²) >= 11 is 0. The normalized spacial score (nSPS) is 9.95. The number of nitrogens with zero attached hydrogens (tertiary/aromatic N) is 2. The molecule has 0 atom stereocenters. The highest BCUT2D eigenvalue weighted by atomic mass is 16.5. The summed E-state index contributed by atoms with van der Waals surface area (Å²) in [5.74, 6) is -0.727. The average molecular weight is 287 g/mol. The van der Waals surface area contributed by atoms with E-state index in [1.165, 1.54) is 19.2 Å². The number of nitrogens with one attached hydrogen (secondary N) is 1. The lowest BCUT2D eigenvalue weighted by molar-refractivity contribution is -0.136. The Balaban J connectivity index is 2.18. The minimum Gasteiger partial charge on any atom is -0.481 e. The zero-order valence-corrected chi connectivity index (χ0v) is 11.2. The van der Waals surface area contributed by atoms with Crippen LogP contribution in [0.2, 0.25) is 0 Å². The Hall–Kier alpha value is -2.96. The van der Waals surface area contributed by atoms with E-state index < -0.39 is 5.97 Å². The van der Waals surface area contributed by atoms with Gasteiger partial charge in [-0.25, -0.2) is 0 Å². The summed E-state index contributed by atoms with van der Waals surface area (Å²) in [5.41, 5.74) is 0.700. The van der Waals surface area contributed by atoms with Gasteiger partial charge in [0.2, 0.25) is 5.88 Å². The summed E-state index contributed by atoms with van der Waals surface area (Å²) in [4.78, 5) is 22.1. The third-order valence-electron chi connectivity index (χ3n) is 2.63. The van der Waals surface area contributed by atoms with Gasteiger partial charge in [0.05, 0.1) is 6.42 Å². The molecule has 7 heteroatoms. The maximum Gasteiger partial charge on any atom is 0.307 e. The highest BCUT2D eigenvalue weighted by molar-refractivity contribution is 5.91. The molecule has 2 rings (SSSR count). The van der Waals surface area contributed by atoms with Crippen molar-refractivity contribution in [3.63, 3.8) is 0 Å². The van der Waals surface area contributed by atoms with E-state index in [1.54, 1.807) is 24.3 Å². The molecule has 0 aliphatic rings. The van der Waals surface area contributed by atoms with Crippen molar-refractivity contribution in [1.29, 1.82) is 0 Å². The highest BCUT2D eigenvalue weighted by Crippen LogP contribution is 2.23. The molecular weight excluding hydrogens is 274 g/mol. The molecule has 21 heavy (non-hydrogen) atoms. The number of para-hydroxylation sites is 1. The third kappa shape index (κ3) is 3.75. The quantitative estimate of drug-likeness (QED) is 0.858. The van der Waals surface area contributed by atoms with E-state index in [1.807, 2.05) is 0 Å². The Morgan fingerprint density at radius 3 is 2.57 bits per heavy atom. The van der Waals surface area contributed by atoms with Crippen LogP contribution < -0.4 is 10.1 Å². The van der Waals surface area contributed by atoms with E-state index in [2.05, 4.69) is 15.5 Å². The molecule has 0 bridgehead atoms. The number of carboxylic acid groups (broad SMARTS) is 1. The summed E-state index contributed by atoms with van der Waals surface area (Å²) in [7, 11) is 1.50. The Morgan fingerprint density at radius 1 is 1.19 bits per heavy atom. The Bertz CT molecular complexity index is 656. The summed E-state index contributed by atoms with van der Waals surface area (Å²) in [5, 5.41) is 18.8. The average Bonchev–Trinajstić information content (AvgIpc) is 2.49. The fourth-order valence-electron chi connectivity index (χ4n) is 1.65. The summed E-state index contributed by atoms with van der Waals surface area (Å²) in [6, 6.07) is 9.73. The van der Waals surface area contributed by atoms with Gasteiger partial charge < -0.3 is 15.2 Å². The minimum absolute atomic E-state index is 0.153. The monoisotopic (exact) mass is 287 g/mol. The smallest absolute Gasteiger partial charge is 0.307 e. The molecule has 0 radical (unpaired) electrons. The van der Waals surface area contributed by atoms with Gasteiger partial charge in [0.15, 0.2) is 5.69 Å². The van der Waals surface area contributed by atoms with Crippen molar-refractivity contribution in [2.75, 3.05) is 7.05 Å². The van der Waals surface area contributed by atoms with Gasteiger partial charge in [0, 0.05) is 18.7 Å². The minimum atomic E-state index is -0.952. The molecule has 0 aliphatic heterocycles. The lowest BCUT2D eigenvalue weighted by Gasteiger charge is -2.08. The number of amides is 1. The molecule has 0 aliphatic carbocycles. The zero-order valence-electron chi connectivity index (χ0n) is 11.2. The molecule has 7 nitrogen and oxygen atoms in total. The van der Waals surface area contributed by atoms with Gasteiger partial charge in [0.25, 0.3) is 5.91 Å². The van der Waals surface area contributed by atoms with Gasteiger partial charge in [0.1, 0.15) is 5.75 Å². The van der Waals surface area contributed by atoms with Gasteiger partial charge in [-0.05, 0) is 12.1 Å². The van der Waals surface area contributed by atoms with E-state index in [4.69, 9.17) is 9.84 Å². The van der Waals surface area contributed by atoms with Crippen LogP contribution in [0.4, 0.5) is 0 Å². The van der Waals surface area contributed by atoms with Crippen LogP contribution in [-0.4, -0.2) is 34.2 Å². The van der Waals surface area contributed by atoms with Gasteiger partial charge in [-0.15, -0.1) is 10.2 Å². The van der Waals surface area contributed by atoms with E-state index in [0.29, 0.717) is 11.3 Å². The number of carbonyl (C=O) groups is 2. The maximum absolute atomic E-state index is 11.3. The molecule has 1 aromatic heterocycles. The molecule has 0 spiro atoms. The number of carbonyl (C=O) groups excluding carboxylic acids is 1. The number of benzene rings is 1. The molecule has 1 heterocycles. The molecule has 1 amide bonds. The predicted molar refractivity (Wildman–Crippen MR) is 73.3 cm³/mol. The second kappa shape index (κ2) is 6.47. The second-order valence-electron chi connectivity index (χ2n) is 4.12. The number of hydrogen-bond donors (Lipinski definition) is 2. The topological polar surface area (TPSA) is 101 Å². The van der Waals surface area contributed by atoms with Crippen LogP contribution in [-0.2, 0) is 11.2 Å². The molecule has 0 unspecified atom stereocenters. The van der Waals surface area contributed by atoms with Crippen LogP contribution in [0.1, 0.15) is 16.1 Å². The molecule has 0 saturated carbocycles. The number of aromatic nitrogens is 2. The number of hydrogen-bond acceptors (Lipinski definition) is 5. The van der Waals surface area contributed by atoms with Gasteiger partial charge in [-0.3, -0.25) is 9.59 Å². The molecule has 2 aromatic rings. The maximum atomic E-state index is 11.3. The van der Waals surface area contributed by atoms with Crippen molar-refractivity contribution >= 4 is 11.9 Å². The first kappa shape index (κ1) is 14.4. The van der Waals surface area contributed by atoms with Crippen molar-refractivity contribution in [3.05, 3.63) is 47.7 Å². The van der Waals surface area contributed by atoms with E-state index in [9.17, 15) is 9.59 Å². The van der Waals surface area contributed by atoms with Crippen LogP contribution in [0, 0.1) is 0 Å². The fraction of sp³-hybridized carbons (Fsp3) is 0.143. The summed E-state index contributed by atoms with van der Waals surface area (Å²) in [6.45, 7) is 0. The van der Waals surface area contributed by atoms with Crippen LogP contribution in [0.3, 0.4) is 0 Å². The van der Waals surface area contributed by atoms with Gasteiger partial charge >= 0.3 is 5.97 Å². The summed E-state index contributed by atoms with van der Waals surface area (Å²) < 4.78 is 5.51. The van der Waals surface area contributed by atoms with Crippen molar-refractivity contribution in [1.82, 2.24) is 15.5 Å². The van der Waals surface area contributed by atoms with E-state index in [0.717, 1.165) is 0 Å². The van der Waals surface area contributed by atoms with Crippen LogP contribution in [0.25, 0.3) is 0 Å². The van der Waals surface area contributed by atoms with Crippen molar-refractivity contribution in [3.8, 4) is 11.6 Å². The Kier molecular flexibility index (Phi) is 4.45. The lowest BCUT2D eigenvalue weighted by Crippen LogP contribution is -2.19. The first-order valence-electron chi connectivity index (χ1n) is 6.13. The molecule has 0 saturated heterocycles. The Labute approximate surface area is 120 Å². The zero-order chi connectivity index (χ0) is 15.2. The molecule has 108 valence electrons. The second-order valence-corrected chi connectivity index (χ2v) is 4.12. The molecule has 0 fully saturated rings. The largest absolute Gasteiger partial charge is 0.481 e. The molecule has 2 N–H and O–H groups in total.